The first-order chi connectivity index (χ1) is 10.6. The maximum absolute atomic E-state index is 13.9. The molecule has 0 amide bonds. The Morgan fingerprint density at radius 2 is 1.82 bits per heavy atom. The van der Waals surface area contributed by atoms with Crippen LogP contribution in [0.25, 0.3) is 0 Å². The van der Waals surface area contributed by atoms with Crippen molar-refractivity contribution in [3.8, 4) is 0 Å². The molecule has 2 rings (SSSR count). The number of rotatable bonds is 3. The second-order valence-electron chi connectivity index (χ2n) is 4.44. The van der Waals surface area contributed by atoms with Crippen LogP contribution in [-0.2, 0) is 0 Å². The zero-order chi connectivity index (χ0) is 17.1. The molecule has 0 radical (unpaired) electrons. The van der Waals surface area contributed by atoms with Crippen molar-refractivity contribution >= 4 is 0 Å². The molecule has 0 saturated carbocycles. The third kappa shape index (κ3) is 5.24. The van der Waals surface area contributed by atoms with E-state index in [1.54, 1.807) is 6.20 Å². The molecule has 1 aromatic rings. The lowest BCUT2D eigenvalue weighted by Gasteiger charge is -2.22. The van der Waals surface area contributed by atoms with Gasteiger partial charge in [0.2, 0.25) is 11.9 Å². The Hall–Kier alpha value is -1.71. The van der Waals surface area contributed by atoms with E-state index in [4.69, 9.17) is 0 Å². The fourth-order valence-corrected chi connectivity index (χ4v) is 2.07. The summed E-state index contributed by atoms with van der Waals surface area (Å²) in [5.74, 6) is -1.40. The van der Waals surface area contributed by atoms with Crippen LogP contribution >= 0.6 is 0 Å². The van der Waals surface area contributed by atoms with Gasteiger partial charge >= 0.3 is 0 Å². The highest BCUT2D eigenvalue weighted by Crippen LogP contribution is 2.30. The zero-order valence-electron chi connectivity index (χ0n) is 14.5. The molecule has 0 aromatic carbocycles. The fourth-order valence-electron chi connectivity index (χ4n) is 2.07. The number of dihydropyridines is 1. The molecule has 0 fully saturated rings. The number of hydrogen-bond donors (Lipinski definition) is 1. The Morgan fingerprint density at radius 1 is 1.18 bits per heavy atom. The molecule has 1 aliphatic rings. The van der Waals surface area contributed by atoms with Gasteiger partial charge in [0.25, 0.3) is 0 Å². The normalized spacial score (nSPS) is 16.6. The standard InChI is InChI=1S/C14H16F2N2.2C2H6/c1-3-9(2)10-8-12(15)18-14(16)13(10)11-6-4-5-7-17-11;2*1-2/h4-9,11,17H,3H2,1-2H3;2*1-2H3. The summed E-state index contributed by atoms with van der Waals surface area (Å²) < 4.78 is 27.2. The van der Waals surface area contributed by atoms with Gasteiger partial charge in [0.05, 0.1) is 6.04 Å². The highest BCUT2D eigenvalue weighted by molar-refractivity contribution is 5.35. The van der Waals surface area contributed by atoms with Crippen LogP contribution in [0.1, 0.15) is 71.0 Å². The third-order valence-corrected chi connectivity index (χ3v) is 3.25. The summed E-state index contributed by atoms with van der Waals surface area (Å²) in [5.41, 5.74) is 1.12. The number of allylic oxidation sites excluding steroid dienone is 2. The lowest BCUT2D eigenvalue weighted by molar-refractivity contribution is 0.484. The van der Waals surface area contributed by atoms with Gasteiger partial charge in [0.1, 0.15) is 0 Å². The van der Waals surface area contributed by atoms with Crippen molar-refractivity contribution in [1.82, 2.24) is 10.3 Å². The summed E-state index contributed by atoms with van der Waals surface area (Å²) in [5, 5.41) is 3.05. The smallest absolute Gasteiger partial charge is 0.221 e. The van der Waals surface area contributed by atoms with Gasteiger partial charge < -0.3 is 5.32 Å². The van der Waals surface area contributed by atoms with E-state index in [-0.39, 0.29) is 12.0 Å². The van der Waals surface area contributed by atoms with Crippen molar-refractivity contribution < 1.29 is 8.78 Å². The summed E-state index contributed by atoms with van der Waals surface area (Å²) in [6.45, 7) is 12.0. The first kappa shape index (κ1) is 20.3. The summed E-state index contributed by atoms with van der Waals surface area (Å²) in [4.78, 5) is 3.29. The average Bonchev–Trinajstić information content (AvgIpc) is 2.58. The van der Waals surface area contributed by atoms with Crippen LogP contribution in [0.4, 0.5) is 8.78 Å². The van der Waals surface area contributed by atoms with Crippen LogP contribution in [0.2, 0.25) is 0 Å². The quantitative estimate of drug-likeness (QED) is 0.731. The molecule has 2 heterocycles. The Labute approximate surface area is 133 Å². The van der Waals surface area contributed by atoms with Crippen molar-refractivity contribution in [3.63, 3.8) is 0 Å². The van der Waals surface area contributed by atoms with Gasteiger partial charge in [-0.1, -0.05) is 53.7 Å². The van der Waals surface area contributed by atoms with Crippen molar-refractivity contribution in [3.05, 3.63) is 53.5 Å². The van der Waals surface area contributed by atoms with E-state index in [0.717, 1.165) is 6.42 Å². The Balaban J connectivity index is 0.00000102. The zero-order valence-corrected chi connectivity index (χ0v) is 14.5. The van der Waals surface area contributed by atoms with Crippen LogP contribution in [0.5, 0.6) is 0 Å². The lowest BCUT2D eigenvalue weighted by atomic mass is 9.91. The Morgan fingerprint density at radius 3 is 2.32 bits per heavy atom. The number of nitrogens with zero attached hydrogens (tertiary/aromatic N) is 1. The molecule has 4 heteroatoms. The van der Waals surface area contributed by atoms with Gasteiger partial charge in [-0.25, -0.2) is 0 Å². The van der Waals surface area contributed by atoms with Crippen molar-refractivity contribution in [1.29, 1.82) is 0 Å². The molecule has 1 N–H and O–H groups in total. The Kier molecular flexibility index (Phi) is 10.1. The molecule has 0 spiro atoms. The number of hydrogen-bond acceptors (Lipinski definition) is 2. The largest absolute Gasteiger partial charge is 0.380 e. The van der Waals surface area contributed by atoms with Gasteiger partial charge in [0, 0.05) is 5.56 Å². The number of nitrogens with one attached hydrogen (secondary N) is 1. The van der Waals surface area contributed by atoms with Crippen LogP contribution in [-0.4, -0.2) is 4.98 Å². The van der Waals surface area contributed by atoms with E-state index in [1.807, 2.05) is 59.8 Å². The summed E-state index contributed by atoms with van der Waals surface area (Å²) in [7, 11) is 0. The number of aromatic nitrogens is 1. The second kappa shape index (κ2) is 10.9. The molecular formula is C18H28F2N2. The molecule has 2 nitrogen and oxygen atoms in total. The Bertz CT molecular complexity index is 496. The van der Waals surface area contributed by atoms with Gasteiger partial charge in [-0.05, 0) is 36.2 Å². The molecule has 1 aromatic heterocycles. The van der Waals surface area contributed by atoms with Crippen molar-refractivity contribution in [2.24, 2.45) is 0 Å². The SMILES string of the molecule is CC.CC.CCC(C)c1cc(F)nc(F)c1C1C=CC=CN1. The van der Waals surface area contributed by atoms with Crippen molar-refractivity contribution in [2.75, 3.05) is 0 Å². The van der Waals surface area contributed by atoms with Crippen LogP contribution in [0.3, 0.4) is 0 Å². The average molecular weight is 310 g/mol. The van der Waals surface area contributed by atoms with E-state index in [0.29, 0.717) is 11.1 Å². The highest BCUT2D eigenvalue weighted by Gasteiger charge is 2.22. The molecule has 22 heavy (non-hydrogen) atoms. The fraction of sp³-hybridized carbons (Fsp3) is 0.500. The molecule has 1 aliphatic heterocycles. The monoisotopic (exact) mass is 310 g/mol. The summed E-state index contributed by atoms with van der Waals surface area (Å²) in [6.07, 6.45) is 8.07. The molecule has 0 saturated heterocycles. The maximum Gasteiger partial charge on any atom is 0.221 e. The molecule has 124 valence electrons. The number of halogens is 2. The first-order valence-corrected chi connectivity index (χ1v) is 8.08. The molecule has 0 bridgehead atoms. The minimum atomic E-state index is -0.762. The van der Waals surface area contributed by atoms with Gasteiger partial charge in [-0.3, -0.25) is 0 Å². The van der Waals surface area contributed by atoms with E-state index < -0.39 is 11.9 Å². The van der Waals surface area contributed by atoms with Crippen molar-refractivity contribution in [2.45, 2.75) is 59.9 Å². The van der Waals surface area contributed by atoms with Gasteiger partial charge in [-0.15, -0.1) is 0 Å². The topological polar surface area (TPSA) is 24.9 Å². The van der Waals surface area contributed by atoms with E-state index in [2.05, 4.69) is 10.3 Å². The van der Waals surface area contributed by atoms with Crippen LogP contribution in [0.15, 0.2) is 30.5 Å². The first-order valence-electron chi connectivity index (χ1n) is 8.08. The minimum absolute atomic E-state index is 0.0908. The molecular weight excluding hydrogens is 282 g/mol. The maximum atomic E-state index is 13.9. The van der Waals surface area contributed by atoms with Gasteiger partial charge in [-0.2, -0.15) is 13.8 Å². The molecule has 2 atom stereocenters. The van der Waals surface area contributed by atoms with E-state index in [1.165, 1.54) is 6.07 Å². The van der Waals surface area contributed by atoms with Gasteiger partial charge in [0.15, 0.2) is 0 Å². The third-order valence-electron chi connectivity index (χ3n) is 3.25. The highest BCUT2D eigenvalue weighted by atomic mass is 19.1. The minimum Gasteiger partial charge on any atom is -0.380 e. The van der Waals surface area contributed by atoms with Crippen LogP contribution in [0, 0.1) is 11.9 Å². The second-order valence-corrected chi connectivity index (χ2v) is 4.44. The van der Waals surface area contributed by atoms with E-state index >= 15 is 0 Å². The molecule has 2 unspecified atom stereocenters. The lowest BCUT2D eigenvalue weighted by Crippen LogP contribution is -2.20. The number of pyridine rings is 1. The predicted molar refractivity (Wildman–Crippen MR) is 89.7 cm³/mol. The predicted octanol–water partition coefficient (Wildman–Crippen LogP) is 5.64. The summed E-state index contributed by atoms with van der Waals surface area (Å²) in [6, 6.07) is 1.05. The molecule has 0 aliphatic carbocycles. The van der Waals surface area contributed by atoms with Crippen LogP contribution < -0.4 is 5.32 Å². The summed E-state index contributed by atoms with van der Waals surface area (Å²) >= 11 is 0. The van der Waals surface area contributed by atoms with E-state index in [9.17, 15) is 8.78 Å².